The highest BCUT2D eigenvalue weighted by Gasteiger charge is 2.28. The van der Waals surface area contributed by atoms with E-state index in [1.54, 1.807) is 6.07 Å². The Hall–Kier alpha value is -3.41. The second kappa shape index (κ2) is 6.09. The Morgan fingerprint density at radius 3 is 2.78 bits per heavy atom. The summed E-state index contributed by atoms with van der Waals surface area (Å²) in [7, 11) is 0. The number of nitrogens with one attached hydrogen (secondary N) is 1. The van der Waals surface area contributed by atoms with Gasteiger partial charge in [0.15, 0.2) is 5.69 Å². The van der Waals surface area contributed by atoms with Crippen LogP contribution in [0, 0.1) is 6.92 Å². The van der Waals surface area contributed by atoms with Gasteiger partial charge in [-0.05, 0) is 49.6 Å². The largest absolute Gasteiger partial charge is 0.360 e. The van der Waals surface area contributed by atoms with Crippen LogP contribution in [0.3, 0.4) is 0 Å². The predicted octanol–water partition coefficient (Wildman–Crippen LogP) is 4.43. The maximum absolute atomic E-state index is 12.3. The average Bonchev–Trinajstić information content (AvgIpc) is 3.24. The van der Waals surface area contributed by atoms with Crippen molar-refractivity contribution in [1.29, 1.82) is 0 Å². The third-order valence-electron chi connectivity index (χ3n) is 4.79. The van der Waals surface area contributed by atoms with Crippen molar-refractivity contribution in [2.24, 2.45) is 0 Å². The molecular formula is C21H18N4O2. The highest BCUT2D eigenvalue weighted by molar-refractivity contribution is 6.02. The number of amides is 1. The van der Waals surface area contributed by atoms with Gasteiger partial charge < -0.3 is 14.2 Å². The van der Waals surface area contributed by atoms with Crippen LogP contribution in [-0.2, 0) is 0 Å². The third-order valence-corrected chi connectivity index (χ3v) is 4.79. The van der Waals surface area contributed by atoms with Crippen LogP contribution in [0.25, 0.3) is 16.9 Å². The summed E-state index contributed by atoms with van der Waals surface area (Å²) in [5.41, 5.74) is 5.00. The second-order valence-corrected chi connectivity index (χ2v) is 7.02. The van der Waals surface area contributed by atoms with E-state index in [0.29, 0.717) is 17.3 Å². The molecule has 0 unspecified atom stereocenters. The van der Waals surface area contributed by atoms with Gasteiger partial charge in [0.05, 0.1) is 5.69 Å². The smallest absolute Gasteiger partial charge is 0.277 e. The lowest BCUT2D eigenvalue weighted by atomic mass is 10.1. The van der Waals surface area contributed by atoms with Gasteiger partial charge in [0.1, 0.15) is 11.4 Å². The fourth-order valence-corrected chi connectivity index (χ4v) is 3.10. The summed E-state index contributed by atoms with van der Waals surface area (Å²) in [6.07, 6.45) is 6.22. The molecule has 1 aliphatic carbocycles. The molecule has 1 saturated carbocycles. The molecule has 1 aliphatic rings. The quantitative estimate of drug-likeness (QED) is 0.586. The summed E-state index contributed by atoms with van der Waals surface area (Å²) in [6, 6.07) is 13.5. The van der Waals surface area contributed by atoms with Gasteiger partial charge in [-0.15, -0.1) is 0 Å². The van der Waals surface area contributed by atoms with E-state index in [0.717, 1.165) is 35.5 Å². The topological polar surface area (TPSA) is 72.4 Å². The normalized spacial score (nSPS) is 13.8. The molecule has 0 spiro atoms. The first-order chi connectivity index (χ1) is 13.2. The molecule has 0 atom stereocenters. The Kier molecular flexibility index (Phi) is 3.57. The molecule has 134 valence electrons. The summed E-state index contributed by atoms with van der Waals surface area (Å²) < 4.78 is 7.24. The minimum absolute atomic E-state index is 0.262. The predicted molar refractivity (Wildman–Crippen MR) is 102 cm³/mol. The number of aryl methyl sites for hydroxylation is 1. The zero-order valence-electron chi connectivity index (χ0n) is 14.8. The lowest BCUT2D eigenvalue weighted by molar-refractivity contribution is 0.101. The first kappa shape index (κ1) is 15.8. The first-order valence-corrected chi connectivity index (χ1v) is 8.99. The second-order valence-electron chi connectivity index (χ2n) is 7.02. The molecular weight excluding hydrogens is 340 g/mol. The summed E-state index contributed by atoms with van der Waals surface area (Å²) in [6.45, 7) is 2.05. The van der Waals surface area contributed by atoms with Gasteiger partial charge in [-0.3, -0.25) is 4.79 Å². The zero-order chi connectivity index (χ0) is 18.4. The van der Waals surface area contributed by atoms with Crippen molar-refractivity contribution >= 4 is 17.2 Å². The van der Waals surface area contributed by atoms with Crippen molar-refractivity contribution in [3.63, 3.8) is 0 Å². The van der Waals surface area contributed by atoms with E-state index < -0.39 is 0 Å². The van der Waals surface area contributed by atoms with Gasteiger partial charge in [0, 0.05) is 35.6 Å². The molecule has 3 aromatic heterocycles. The molecule has 1 fully saturated rings. The Morgan fingerprint density at radius 1 is 1.19 bits per heavy atom. The first-order valence-electron chi connectivity index (χ1n) is 8.99. The number of carbonyl (C=O) groups excluding carboxylic acids is 1. The number of rotatable bonds is 4. The molecule has 1 N–H and O–H groups in total. The van der Waals surface area contributed by atoms with Crippen LogP contribution in [-0.4, -0.2) is 20.4 Å². The Morgan fingerprint density at radius 2 is 2.00 bits per heavy atom. The highest BCUT2D eigenvalue weighted by Crippen LogP contribution is 2.40. The molecule has 0 aliphatic heterocycles. The van der Waals surface area contributed by atoms with Gasteiger partial charge in [-0.1, -0.05) is 17.3 Å². The van der Waals surface area contributed by atoms with Gasteiger partial charge >= 0.3 is 0 Å². The fourth-order valence-electron chi connectivity index (χ4n) is 3.10. The van der Waals surface area contributed by atoms with Crippen LogP contribution in [0.2, 0.25) is 0 Å². The molecule has 27 heavy (non-hydrogen) atoms. The molecule has 1 aromatic carbocycles. The third kappa shape index (κ3) is 3.10. The minimum Gasteiger partial charge on any atom is -0.360 e. The van der Waals surface area contributed by atoms with Crippen molar-refractivity contribution in [1.82, 2.24) is 14.5 Å². The molecule has 0 bridgehead atoms. The van der Waals surface area contributed by atoms with Crippen molar-refractivity contribution in [3.8, 4) is 11.3 Å². The van der Waals surface area contributed by atoms with Gasteiger partial charge in [0.25, 0.3) is 5.91 Å². The van der Waals surface area contributed by atoms with Crippen LogP contribution in [0.5, 0.6) is 0 Å². The maximum atomic E-state index is 12.3. The summed E-state index contributed by atoms with van der Waals surface area (Å²) in [4.78, 5) is 17.0. The van der Waals surface area contributed by atoms with Gasteiger partial charge in [-0.2, -0.15) is 0 Å². The number of imidazole rings is 1. The lowest BCUT2D eigenvalue weighted by Crippen LogP contribution is -2.12. The number of pyridine rings is 1. The number of fused-ring (bicyclic) bond motifs is 1. The van der Waals surface area contributed by atoms with Crippen molar-refractivity contribution < 1.29 is 9.32 Å². The van der Waals surface area contributed by atoms with Crippen LogP contribution < -0.4 is 5.32 Å². The molecule has 6 nitrogen and oxygen atoms in total. The summed E-state index contributed by atoms with van der Waals surface area (Å²) in [5, 5.41) is 6.73. The van der Waals surface area contributed by atoms with E-state index in [2.05, 4.69) is 21.5 Å². The molecule has 5 rings (SSSR count). The van der Waals surface area contributed by atoms with Gasteiger partial charge in [0.2, 0.25) is 0 Å². The molecule has 1 amide bonds. The van der Waals surface area contributed by atoms with E-state index in [1.807, 2.05) is 54.0 Å². The van der Waals surface area contributed by atoms with Crippen LogP contribution in [0.1, 0.15) is 40.6 Å². The Bertz CT molecular complexity index is 1140. The number of anilines is 1. The maximum Gasteiger partial charge on any atom is 0.277 e. The molecule has 4 aromatic rings. The molecule has 3 heterocycles. The van der Waals surface area contributed by atoms with Crippen molar-refractivity contribution in [3.05, 3.63) is 71.9 Å². The van der Waals surface area contributed by atoms with Gasteiger partial charge in [-0.25, -0.2) is 4.98 Å². The molecule has 6 heteroatoms. The standard InChI is InChI=1S/C21H18N4O2/c1-13-8-9-25-12-18(23-20(25)10-13)14-4-6-16(7-5-14)22-21(26)17-11-19(27-24-17)15-2-3-15/h4-12,15H,2-3H2,1H3,(H,22,26). The van der Waals surface area contributed by atoms with Crippen LogP contribution in [0.15, 0.2) is 59.4 Å². The molecule has 0 saturated heterocycles. The fraction of sp³-hybridized carbons (Fsp3) is 0.190. The highest BCUT2D eigenvalue weighted by atomic mass is 16.5. The number of nitrogens with zero attached hydrogens (tertiary/aromatic N) is 3. The van der Waals surface area contributed by atoms with Crippen molar-refractivity contribution in [2.75, 3.05) is 5.32 Å². The van der Waals surface area contributed by atoms with E-state index >= 15 is 0 Å². The van der Waals surface area contributed by atoms with E-state index in [4.69, 9.17) is 4.52 Å². The zero-order valence-corrected chi connectivity index (χ0v) is 14.8. The molecule has 0 radical (unpaired) electrons. The van der Waals surface area contributed by atoms with Crippen LogP contribution in [0.4, 0.5) is 5.69 Å². The number of aromatic nitrogens is 3. The SMILES string of the molecule is Cc1ccn2cc(-c3ccc(NC(=O)c4cc(C5CC5)on4)cc3)nc2c1. The number of benzene rings is 1. The Balaban J connectivity index is 1.33. The van der Waals surface area contributed by atoms with E-state index in [9.17, 15) is 4.79 Å². The average molecular weight is 358 g/mol. The Labute approximate surface area is 155 Å². The number of hydrogen-bond donors (Lipinski definition) is 1. The van der Waals surface area contributed by atoms with E-state index in [1.165, 1.54) is 5.56 Å². The van der Waals surface area contributed by atoms with E-state index in [-0.39, 0.29) is 5.91 Å². The summed E-state index contributed by atoms with van der Waals surface area (Å²) >= 11 is 0. The minimum atomic E-state index is -0.262. The number of hydrogen-bond acceptors (Lipinski definition) is 4. The lowest BCUT2D eigenvalue weighted by Gasteiger charge is -2.03. The van der Waals surface area contributed by atoms with Crippen molar-refractivity contribution in [2.45, 2.75) is 25.7 Å². The number of carbonyl (C=O) groups is 1. The summed E-state index contributed by atoms with van der Waals surface area (Å²) in [5.74, 6) is 0.978. The van der Waals surface area contributed by atoms with Crippen LogP contribution >= 0.6 is 0 Å². The monoisotopic (exact) mass is 358 g/mol.